The Morgan fingerprint density at radius 3 is 3.00 bits per heavy atom. The fourth-order valence-electron chi connectivity index (χ4n) is 2.40. The van der Waals surface area contributed by atoms with Gasteiger partial charge in [-0.1, -0.05) is 5.16 Å². The van der Waals surface area contributed by atoms with Crippen LogP contribution in [0.1, 0.15) is 19.2 Å². The van der Waals surface area contributed by atoms with Crippen LogP contribution in [0.3, 0.4) is 0 Å². The molecule has 1 aliphatic rings. The number of aromatic hydroxyl groups is 1. The van der Waals surface area contributed by atoms with Crippen molar-refractivity contribution < 1.29 is 14.4 Å². The topological polar surface area (TPSA) is 80.4 Å². The van der Waals surface area contributed by atoms with Crippen LogP contribution in [0.4, 0.5) is 0 Å². The van der Waals surface area contributed by atoms with Crippen molar-refractivity contribution in [3.63, 3.8) is 0 Å². The van der Waals surface area contributed by atoms with Crippen LogP contribution < -0.4 is 10.1 Å². The summed E-state index contributed by atoms with van der Waals surface area (Å²) >= 11 is 0. The first-order chi connectivity index (χ1) is 9.62. The van der Waals surface area contributed by atoms with Crippen LogP contribution in [0, 0.1) is 0 Å². The number of nitrogens with zero attached hydrogens (tertiary/aromatic N) is 2. The van der Waals surface area contributed by atoms with Gasteiger partial charge < -0.3 is 19.7 Å². The van der Waals surface area contributed by atoms with Gasteiger partial charge in [-0.3, -0.25) is 0 Å². The maximum Gasteiger partial charge on any atom is 0.234 e. The number of hydrogen-bond donors (Lipinski definition) is 2. The highest BCUT2D eigenvalue weighted by molar-refractivity contribution is 5.60. The fraction of sp³-hybridized carbons (Fsp3) is 0.429. The quantitative estimate of drug-likeness (QED) is 0.887. The average Bonchev–Trinajstić information content (AvgIpc) is 3.09. The second-order valence-electron chi connectivity index (χ2n) is 5.30. The Labute approximate surface area is 116 Å². The van der Waals surface area contributed by atoms with E-state index >= 15 is 0 Å². The number of phenols is 1. The third-order valence-corrected chi connectivity index (χ3v) is 3.75. The van der Waals surface area contributed by atoms with Crippen LogP contribution >= 0.6 is 0 Å². The van der Waals surface area contributed by atoms with E-state index in [-0.39, 0.29) is 11.2 Å². The van der Waals surface area contributed by atoms with Crippen molar-refractivity contribution >= 4 is 0 Å². The molecule has 3 rings (SSSR count). The SMILES string of the molecule is COc1cc(-c2noc(C3(C)CCNC3)n2)ccc1O. The molecule has 0 radical (unpaired) electrons. The Kier molecular flexibility index (Phi) is 3.10. The van der Waals surface area contributed by atoms with Gasteiger partial charge in [-0.25, -0.2) is 0 Å². The van der Waals surface area contributed by atoms with E-state index in [1.165, 1.54) is 7.11 Å². The summed E-state index contributed by atoms with van der Waals surface area (Å²) < 4.78 is 10.5. The Morgan fingerprint density at radius 1 is 1.45 bits per heavy atom. The van der Waals surface area contributed by atoms with Gasteiger partial charge in [-0.05, 0) is 38.1 Å². The maximum absolute atomic E-state index is 9.60. The number of rotatable bonds is 3. The number of hydrogen-bond acceptors (Lipinski definition) is 6. The minimum Gasteiger partial charge on any atom is -0.504 e. The van der Waals surface area contributed by atoms with E-state index in [0.29, 0.717) is 17.5 Å². The summed E-state index contributed by atoms with van der Waals surface area (Å²) in [5.74, 6) is 1.63. The minimum absolute atomic E-state index is 0.0897. The molecule has 6 heteroatoms. The molecule has 0 amide bonds. The Hall–Kier alpha value is -2.08. The van der Waals surface area contributed by atoms with E-state index in [9.17, 15) is 5.11 Å². The molecule has 1 aromatic carbocycles. The molecule has 2 heterocycles. The van der Waals surface area contributed by atoms with Crippen LogP contribution in [-0.2, 0) is 5.41 Å². The smallest absolute Gasteiger partial charge is 0.234 e. The van der Waals surface area contributed by atoms with E-state index in [1.54, 1.807) is 18.2 Å². The largest absolute Gasteiger partial charge is 0.504 e. The van der Waals surface area contributed by atoms with Crippen molar-refractivity contribution in [1.82, 2.24) is 15.5 Å². The van der Waals surface area contributed by atoms with Crippen molar-refractivity contribution in [3.8, 4) is 22.9 Å². The number of ether oxygens (including phenoxy) is 1. The van der Waals surface area contributed by atoms with Crippen LogP contribution in [-0.4, -0.2) is 35.4 Å². The summed E-state index contributed by atoms with van der Waals surface area (Å²) in [7, 11) is 1.51. The van der Waals surface area contributed by atoms with Crippen molar-refractivity contribution in [3.05, 3.63) is 24.1 Å². The van der Waals surface area contributed by atoms with E-state index in [4.69, 9.17) is 9.26 Å². The van der Waals surface area contributed by atoms with Gasteiger partial charge >= 0.3 is 0 Å². The van der Waals surface area contributed by atoms with Gasteiger partial charge in [0.15, 0.2) is 11.5 Å². The van der Waals surface area contributed by atoms with Gasteiger partial charge in [0, 0.05) is 12.1 Å². The van der Waals surface area contributed by atoms with Gasteiger partial charge in [0.05, 0.1) is 12.5 Å². The highest BCUT2D eigenvalue weighted by Gasteiger charge is 2.36. The third kappa shape index (κ3) is 2.12. The number of methoxy groups -OCH3 is 1. The number of aromatic nitrogens is 2. The average molecular weight is 275 g/mol. The molecule has 0 spiro atoms. The third-order valence-electron chi connectivity index (χ3n) is 3.75. The van der Waals surface area contributed by atoms with Crippen molar-refractivity contribution in [1.29, 1.82) is 0 Å². The first-order valence-corrected chi connectivity index (χ1v) is 6.55. The molecule has 1 saturated heterocycles. The van der Waals surface area contributed by atoms with Gasteiger partial charge in [-0.2, -0.15) is 4.98 Å². The normalized spacial score (nSPS) is 22.1. The lowest BCUT2D eigenvalue weighted by Gasteiger charge is -2.15. The van der Waals surface area contributed by atoms with Crippen molar-refractivity contribution in [2.45, 2.75) is 18.8 Å². The molecule has 106 valence electrons. The minimum atomic E-state index is -0.105. The monoisotopic (exact) mass is 275 g/mol. The Morgan fingerprint density at radius 2 is 2.30 bits per heavy atom. The molecule has 0 saturated carbocycles. The standard InChI is InChI=1S/C14H17N3O3/c1-14(5-6-15-8-14)13-16-12(17-20-13)9-3-4-10(18)11(7-9)19-2/h3-4,7,15,18H,5-6,8H2,1-2H3. The van der Waals surface area contributed by atoms with Gasteiger partial charge in [0.1, 0.15) is 0 Å². The lowest BCUT2D eigenvalue weighted by molar-refractivity contribution is 0.306. The number of nitrogens with one attached hydrogen (secondary N) is 1. The number of benzene rings is 1. The summed E-state index contributed by atoms with van der Waals surface area (Å²) in [5.41, 5.74) is 0.649. The molecule has 1 unspecified atom stereocenters. The fourth-order valence-corrected chi connectivity index (χ4v) is 2.40. The van der Waals surface area contributed by atoms with E-state index in [2.05, 4.69) is 22.4 Å². The molecule has 0 bridgehead atoms. The van der Waals surface area contributed by atoms with Crippen LogP contribution in [0.15, 0.2) is 22.7 Å². The van der Waals surface area contributed by atoms with Crippen LogP contribution in [0.2, 0.25) is 0 Å². The van der Waals surface area contributed by atoms with Crippen molar-refractivity contribution in [2.24, 2.45) is 0 Å². The van der Waals surface area contributed by atoms with E-state index < -0.39 is 0 Å². The molecular weight excluding hydrogens is 258 g/mol. The zero-order chi connectivity index (χ0) is 14.2. The number of phenolic OH excluding ortho intramolecular Hbond substituents is 1. The lowest BCUT2D eigenvalue weighted by atomic mass is 9.90. The summed E-state index contributed by atoms with van der Waals surface area (Å²) in [4.78, 5) is 4.48. The summed E-state index contributed by atoms with van der Waals surface area (Å²) in [5, 5.41) is 16.9. The molecular formula is C14H17N3O3. The molecule has 1 aliphatic heterocycles. The van der Waals surface area contributed by atoms with Gasteiger partial charge in [-0.15, -0.1) is 0 Å². The maximum atomic E-state index is 9.60. The lowest BCUT2D eigenvalue weighted by Crippen LogP contribution is -2.25. The molecule has 1 fully saturated rings. The summed E-state index contributed by atoms with van der Waals surface area (Å²) in [6.07, 6.45) is 0.980. The highest BCUT2D eigenvalue weighted by atomic mass is 16.5. The molecule has 6 nitrogen and oxygen atoms in total. The van der Waals surface area contributed by atoms with E-state index in [1.807, 2.05) is 0 Å². The molecule has 2 N–H and O–H groups in total. The second kappa shape index (κ2) is 4.79. The second-order valence-corrected chi connectivity index (χ2v) is 5.30. The molecule has 1 atom stereocenters. The Bertz CT molecular complexity index is 618. The van der Waals surface area contributed by atoms with E-state index in [0.717, 1.165) is 25.1 Å². The summed E-state index contributed by atoms with van der Waals surface area (Å²) in [6, 6.07) is 4.99. The van der Waals surface area contributed by atoms with Gasteiger partial charge in [0.25, 0.3) is 0 Å². The van der Waals surface area contributed by atoms with Crippen LogP contribution in [0.25, 0.3) is 11.4 Å². The molecule has 2 aromatic rings. The zero-order valence-electron chi connectivity index (χ0n) is 11.5. The predicted molar refractivity (Wildman–Crippen MR) is 72.8 cm³/mol. The van der Waals surface area contributed by atoms with Gasteiger partial charge in [0.2, 0.25) is 11.7 Å². The summed E-state index contributed by atoms with van der Waals surface area (Å²) in [6.45, 7) is 3.91. The Balaban J connectivity index is 1.94. The molecule has 1 aromatic heterocycles. The predicted octanol–water partition coefficient (Wildman–Crippen LogP) is 1.70. The highest BCUT2D eigenvalue weighted by Crippen LogP contribution is 2.33. The first-order valence-electron chi connectivity index (χ1n) is 6.55. The van der Waals surface area contributed by atoms with Crippen molar-refractivity contribution in [2.75, 3.05) is 20.2 Å². The first kappa shape index (κ1) is 12.9. The zero-order valence-corrected chi connectivity index (χ0v) is 11.5. The molecule has 0 aliphatic carbocycles. The van der Waals surface area contributed by atoms with Crippen LogP contribution in [0.5, 0.6) is 11.5 Å². The molecule has 20 heavy (non-hydrogen) atoms.